The van der Waals surface area contributed by atoms with Crippen molar-refractivity contribution >= 4 is 11.6 Å². The molecule has 1 aromatic rings. The number of anilines is 2. The molecule has 0 spiro atoms. The van der Waals surface area contributed by atoms with Gasteiger partial charge >= 0.3 is 51.4 Å². The van der Waals surface area contributed by atoms with Crippen molar-refractivity contribution in [1.29, 1.82) is 0 Å². The van der Waals surface area contributed by atoms with Gasteiger partial charge in [-0.15, -0.1) is 13.1 Å². The van der Waals surface area contributed by atoms with E-state index in [1.54, 1.807) is 6.07 Å². The Morgan fingerprint density at radius 3 is 2.38 bits per heavy atom. The standard InChI is InChI=1S/C9H13N3.K/c1-3-12(4-2)9-7-5-6-8(10)11-9;/h5-7H,1-4H2,(H2,10,11);/q-2;+1. The zero-order chi connectivity index (χ0) is 8.97. The maximum Gasteiger partial charge on any atom is 1.00 e. The molecule has 1 heterocycles. The van der Waals surface area contributed by atoms with Gasteiger partial charge in [0.15, 0.2) is 0 Å². The number of pyridine rings is 1. The summed E-state index contributed by atoms with van der Waals surface area (Å²) in [6.07, 6.45) is 0. The van der Waals surface area contributed by atoms with Gasteiger partial charge in [0.2, 0.25) is 0 Å². The molecule has 0 atom stereocenters. The molecule has 0 amide bonds. The third-order valence-electron chi connectivity index (χ3n) is 1.62. The van der Waals surface area contributed by atoms with E-state index in [9.17, 15) is 0 Å². The summed E-state index contributed by atoms with van der Waals surface area (Å²) >= 11 is 0. The Morgan fingerprint density at radius 1 is 1.31 bits per heavy atom. The number of nitrogen functional groups attached to an aromatic ring is 1. The second kappa shape index (κ2) is 6.78. The third-order valence-corrected chi connectivity index (χ3v) is 1.62. The van der Waals surface area contributed by atoms with E-state index in [0.717, 1.165) is 5.82 Å². The summed E-state index contributed by atoms with van der Waals surface area (Å²) in [7, 11) is 0. The van der Waals surface area contributed by atoms with Crippen LogP contribution in [-0.2, 0) is 0 Å². The summed E-state index contributed by atoms with van der Waals surface area (Å²) in [6.45, 7) is 8.84. The minimum Gasteiger partial charge on any atom is -0.417 e. The SMILES string of the molecule is [CH2-]CN(C[CH2-])c1cccc(N)n1.[K+]. The average Bonchev–Trinajstić information content (AvgIpc) is 2.07. The Morgan fingerprint density at radius 2 is 1.92 bits per heavy atom. The maximum atomic E-state index is 5.53. The molecule has 0 aromatic carbocycles. The van der Waals surface area contributed by atoms with Gasteiger partial charge in [0.1, 0.15) is 11.6 Å². The number of hydrogen-bond acceptors (Lipinski definition) is 3. The third kappa shape index (κ3) is 3.95. The van der Waals surface area contributed by atoms with E-state index in [2.05, 4.69) is 18.8 Å². The van der Waals surface area contributed by atoms with Crippen molar-refractivity contribution in [2.75, 3.05) is 23.7 Å². The molecule has 66 valence electrons. The number of nitrogens with two attached hydrogens (primary N) is 1. The van der Waals surface area contributed by atoms with Crippen molar-refractivity contribution in [2.45, 2.75) is 0 Å². The first kappa shape index (κ1) is 13.4. The normalized spacial score (nSPS) is 9.08. The minimum absolute atomic E-state index is 0. The van der Waals surface area contributed by atoms with Crippen molar-refractivity contribution in [1.82, 2.24) is 4.98 Å². The van der Waals surface area contributed by atoms with Crippen LogP contribution < -0.4 is 62.0 Å². The average molecular weight is 202 g/mol. The van der Waals surface area contributed by atoms with Gasteiger partial charge in [0.25, 0.3) is 0 Å². The summed E-state index contributed by atoms with van der Waals surface area (Å²) in [5, 5.41) is 0. The van der Waals surface area contributed by atoms with Crippen LogP contribution in [0.5, 0.6) is 0 Å². The monoisotopic (exact) mass is 202 g/mol. The van der Waals surface area contributed by atoms with Gasteiger partial charge in [0, 0.05) is 0 Å². The molecule has 0 aliphatic heterocycles. The summed E-state index contributed by atoms with van der Waals surface area (Å²) in [5.41, 5.74) is 5.53. The molecule has 0 unspecified atom stereocenters. The zero-order valence-corrected chi connectivity index (χ0v) is 11.2. The van der Waals surface area contributed by atoms with Crippen LogP contribution in [0, 0.1) is 13.8 Å². The fourth-order valence-corrected chi connectivity index (χ4v) is 0.957. The van der Waals surface area contributed by atoms with Crippen LogP contribution in [0.4, 0.5) is 11.6 Å². The van der Waals surface area contributed by atoms with Gasteiger partial charge in [0.05, 0.1) is 0 Å². The largest absolute Gasteiger partial charge is 1.00 e. The van der Waals surface area contributed by atoms with E-state index in [4.69, 9.17) is 5.73 Å². The van der Waals surface area contributed by atoms with Gasteiger partial charge in [-0.25, -0.2) is 4.98 Å². The molecule has 13 heavy (non-hydrogen) atoms. The Labute approximate surface area is 122 Å². The van der Waals surface area contributed by atoms with Crippen molar-refractivity contribution in [3.8, 4) is 0 Å². The van der Waals surface area contributed by atoms with E-state index in [-0.39, 0.29) is 51.4 Å². The van der Waals surface area contributed by atoms with E-state index in [1.165, 1.54) is 0 Å². The molecule has 0 saturated carbocycles. The van der Waals surface area contributed by atoms with Gasteiger partial charge in [-0.1, -0.05) is 6.07 Å². The molecule has 0 saturated heterocycles. The Bertz CT molecular complexity index is 248. The van der Waals surface area contributed by atoms with Gasteiger partial charge in [-0.3, -0.25) is 0 Å². The molecular formula is C9H13KN3-. The Hall–Kier alpha value is 0.386. The predicted octanol–water partition coefficient (Wildman–Crippen LogP) is -1.86. The molecule has 0 radical (unpaired) electrons. The summed E-state index contributed by atoms with van der Waals surface area (Å²) in [5.74, 6) is 1.36. The topological polar surface area (TPSA) is 42.1 Å². The number of hydrogen-bond donors (Lipinski definition) is 1. The molecule has 0 aliphatic carbocycles. The van der Waals surface area contributed by atoms with Crippen LogP contribution in [-0.4, -0.2) is 18.1 Å². The van der Waals surface area contributed by atoms with Gasteiger partial charge < -0.3 is 24.5 Å². The summed E-state index contributed by atoms with van der Waals surface area (Å²) in [6, 6.07) is 5.52. The first-order chi connectivity index (χ1) is 5.77. The van der Waals surface area contributed by atoms with Crippen LogP contribution in [0.2, 0.25) is 0 Å². The molecule has 0 fully saturated rings. The second-order valence-electron chi connectivity index (χ2n) is 2.41. The molecule has 2 N–H and O–H groups in total. The fraction of sp³-hybridized carbons (Fsp3) is 0.222. The number of rotatable bonds is 3. The van der Waals surface area contributed by atoms with E-state index >= 15 is 0 Å². The quantitative estimate of drug-likeness (QED) is 0.462. The van der Waals surface area contributed by atoms with Gasteiger partial charge in [-0.05, 0) is 12.1 Å². The zero-order valence-electron chi connectivity index (χ0n) is 8.03. The van der Waals surface area contributed by atoms with Crippen LogP contribution in [0.15, 0.2) is 18.2 Å². The Balaban J connectivity index is 0.00000144. The van der Waals surface area contributed by atoms with Crippen LogP contribution in [0.3, 0.4) is 0 Å². The van der Waals surface area contributed by atoms with E-state index in [0.29, 0.717) is 18.9 Å². The number of nitrogens with zero attached hydrogens (tertiary/aromatic N) is 2. The molecule has 0 bridgehead atoms. The molecule has 3 nitrogen and oxygen atoms in total. The molecule has 4 heteroatoms. The summed E-state index contributed by atoms with van der Waals surface area (Å²) < 4.78 is 0. The fourth-order valence-electron chi connectivity index (χ4n) is 0.957. The Kier molecular flexibility index (Phi) is 6.98. The molecule has 0 aliphatic rings. The molecule has 1 rings (SSSR count). The van der Waals surface area contributed by atoms with Crippen molar-refractivity contribution in [2.24, 2.45) is 0 Å². The predicted molar refractivity (Wildman–Crippen MR) is 51.6 cm³/mol. The molecule has 1 aromatic heterocycles. The minimum atomic E-state index is 0. The van der Waals surface area contributed by atoms with Crippen LogP contribution in [0.1, 0.15) is 0 Å². The molecular weight excluding hydrogens is 189 g/mol. The first-order valence-electron chi connectivity index (χ1n) is 3.84. The second-order valence-corrected chi connectivity index (χ2v) is 2.41. The van der Waals surface area contributed by atoms with Crippen molar-refractivity contribution in [3.63, 3.8) is 0 Å². The van der Waals surface area contributed by atoms with Crippen molar-refractivity contribution < 1.29 is 51.4 Å². The van der Waals surface area contributed by atoms with Crippen molar-refractivity contribution in [3.05, 3.63) is 32.0 Å². The van der Waals surface area contributed by atoms with E-state index < -0.39 is 0 Å². The van der Waals surface area contributed by atoms with E-state index in [1.807, 2.05) is 17.0 Å². The number of aromatic nitrogens is 1. The smallest absolute Gasteiger partial charge is 0.417 e. The summed E-state index contributed by atoms with van der Waals surface area (Å²) in [4.78, 5) is 6.08. The van der Waals surface area contributed by atoms with Crippen LogP contribution >= 0.6 is 0 Å². The first-order valence-corrected chi connectivity index (χ1v) is 3.84. The maximum absolute atomic E-state index is 5.53. The van der Waals surface area contributed by atoms with Crippen LogP contribution in [0.25, 0.3) is 0 Å². The van der Waals surface area contributed by atoms with Gasteiger partial charge in [-0.2, -0.15) is 0 Å².